The SMILES string of the molecule is CC(=O)c1sc(-c2nc(C)c(C(=O)/C=C\c3ccc(/C=C\C(=O)c4sc(-c5nc(C)c(C(C)=O)s5)nc4C)cc3)s2)nc1C. The third kappa shape index (κ3) is 6.68. The normalized spacial score (nSPS) is 11.6. The van der Waals surface area contributed by atoms with Crippen LogP contribution >= 0.6 is 45.3 Å². The first-order valence-corrected chi connectivity index (χ1v) is 16.6. The van der Waals surface area contributed by atoms with E-state index < -0.39 is 0 Å². The molecule has 0 saturated carbocycles. The van der Waals surface area contributed by atoms with Crippen molar-refractivity contribution in [2.45, 2.75) is 41.5 Å². The summed E-state index contributed by atoms with van der Waals surface area (Å²) < 4.78 is 0. The average molecular weight is 659 g/mol. The Kier molecular flexibility index (Phi) is 9.16. The number of benzene rings is 1. The van der Waals surface area contributed by atoms with Crippen LogP contribution in [0.3, 0.4) is 0 Å². The second kappa shape index (κ2) is 12.9. The minimum absolute atomic E-state index is 0.0380. The molecule has 0 radical (unpaired) electrons. The van der Waals surface area contributed by atoms with Crippen molar-refractivity contribution < 1.29 is 19.2 Å². The van der Waals surface area contributed by atoms with E-state index in [1.807, 2.05) is 24.3 Å². The molecule has 5 aromatic rings. The molecule has 0 aliphatic rings. The predicted molar refractivity (Wildman–Crippen MR) is 179 cm³/mol. The van der Waals surface area contributed by atoms with Crippen LogP contribution in [-0.2, 0) is 0 Å². The van der Waals surface area contributed by atoms with Gasteiger partial charge in [0.2, 0.25) is 0 Å². The van der Waals surface area contributed by atoms with Crippen LogP contribution in [0.5, 0.6) is 0 Å². The minimum atomic E-state index is -0.161. The highest BCUT2D eigenvalue weighted by Crippen LogP contribution is 2.34. The van der Waals surface area contributed by atoms with Gasteiger partial charge in [-0.1, -0.05) is 36.4 Å². The van der Waals surface area contributed by atoms with Gasteiger partial charge in [0.1, 0.15) is 0 Å². The molecule has 222 valence electrons. The Morgan fingerprint density at radius 2 is 0.773 bits per heavy atom. The number of aryl methyl sites for hydroxylation is 4. The van der Waals surface area contributed by atoms with E-state index in [9.17, 15) is 19.2 Å². The van der Waals surface area contributed by atoms with E-state index in [1.54, 1.807) is 39.8 Å². The lowest BCUT2D eigenvalue weighted by atomic mass is 10.1. The van der Waals surface area contributed by atoms with Crippen LogP contribution in [0.4, 0.5) is 0 Å². The van der Waals surface area contributed by atoms with Crippen molar-refractivity contribution in [1.82, 2.24) is 19.9 Å². The zero-order valence-corrected chi connectivity index (χ0v) is 27.9. The maximum atomic E-state index is 13.0. The molecule has 0 N–H and O–H groups in total. The number of allylic oxidation sites excluding steroid dienone is 2. The van der Waals surface area contributed by atoms with Gasteiger partial charge in [-0.25, -0.2) is 19.9 Å². The van der Waals surface area contributed by atoms with Gasteiger partial charge in [0.05, 0.1) is 42.3 Å². The van der Waals surface area contributed by atoms with Crippen LogP contribution in [-0.4, -0.2) is 43.1 Å². The number of Topliss-reactive ketones (excluding diaryl/α,β-unsaturated/α-hetero) is 2. The van der Waals surface area contributed by atoms with Crippen molar-refractivity contribution in [3.05, 3.63) is 89.8 Å². The van der Waals surface area contributed by atoms with E-state index in [2.05, 4.69) is 19.9 Å². The quantitative estimate of drug-likeness (QED) is 0.109. The van der Waals surface area contributed by atoms with Crippen LogP contribution < -0.4 is 0 Å². The van der Waals surface area contributed by atoms with Crippen molar-refractivity contribution >= 4 is 80.6 Å². The molecule has 44 heavy (non-hydrogen) atoms. The van der Waals surface area contributed by atoms with Crippen molar-refractivity contribution in [1.29, 1.82) is 0 Å². The number of aromatic nitrogens is 4. The summed E-state index contributed by atoms with van der Waals surface area (Å²) in [4.78, 5) is 69.7. The Labute approximate surface area is 269 Å². The number of rotatable bonds is 10. The largest absolute Gasteiger partial charge is 0.294 e. The van der Waals surface area contributed by atoms with Gasteiger partial charge in [0.15, 0.2) is 43.2 Å². The molecule has 1 aromatic carbocycles. The Bertz CT molecular complexity index is 1860. The van der Waals surface area contributed by atoms with Gasteiger partial charge in [0, 0.05) is 13.8 Å². The molecule has 0 aliphatic carbocycles. The lowest BCUT2D eigenvalue weighted by Gasteiger charge is -1.97. The summed E-state index contributed by atoms with van der Waals surface area (Å²) in [6, 6.07) is 7.48. The summed E-state index contributed by atoms with van der Waals surface area (Å²) in [5, 5.41) is 2.51. The van der Waals surface area contributed by atoms with Gasteiger partial charge in [-0.05, 0) is 51.0 Å². The molecule has 8 nitrogen and oxygen atoms in total. The number of carbonyl (C=O) groups excluding carboxylic acids is 4. The summed E-state index contributed by atoms with van der Waals surface area (Å²) in [7, 11) is 0. The number of ketones is 4. The third-order valence-corrected chi connectivity index (χ3v) is 11.6. The van der Waals surface area contributed by atoms with E-state index in [4.69, 9.17) is 0 Å². The topological polar surface area (TPSA) is 120 Å². The zero-order chi connectivity index (χ0) is 31.7. The number of hydrogen-bond acceptors (Lipinski definition) is 12. The molecule has 12 heteroatoms. The molecular weight excluding hydrogens is 633 g/mol. The summed E-state index contributed by atoms with van der Waals surface area (Å²) in [6.07, 6.45) is 6.50. The van der Waals surface area contributed by atoms with Crippen molar-refractivity contribution in [3.63, 3.8) is 0 Å². The molecule has 0 bridgehead atoms. The van der Waals surface area contributed by atoms with Gasteiger partial charge in [-0.2, -0.15) is 0 Å². The lowest BCUT2D eigenvalue weighted by molar-refractivity contribution is 0.101. The van der Waals surface area contributed by atoms with E-state index in [0.29, 0.717) is 62.3 Å². The van der Waals surface area contributed by atoms with Gasteiger partial charge in [-0.15, -0.1) is 45.3 Å². The van der Waals surface area contributed by atoms with Gasteiger partial charge >= 0.3 is 0 Å². The van der Waals surface area contributed by atoms with Crippen molar-refractivity contribution in [2.24, 2.45) is 0 Å². The smallest absolute Gasteiger partial charge is 0.197 e. The molecule has 0 saturated heterocycles. The summed E-state index contributed by atoms with van der Waals surface area (Å²) in [5.74, 6) is -0.399. The van der Waals surface area contributed by atoms with E-state index in [1.165, 1.54) is 71.3 Å². The van der Waals surface area contributed by atoms with Gasteiger partial charge < -0.3 is 0 Å². The standard InChI is InChI=1S/C32H26N4O4S4/c1-15-25(19(5)37)41-29(33-15)31-35-17(3)27(43-31)23(39)13-11-21-7-9-22(10-8-21)12-14-24(40)28-18(4)36-32(44-28)30-34-16(2)26(42-30)20(6)38/h7-14H,1-6H3/b13-11-,14-12-. The van der Waals surface area contributed by atoms with Crippen LogP contribution in [0, 0.1) is 27.7 Å². The minimum Gasteiger partial charge on any atom is -0.294 e. The van der Waals surface area contributed by atoms with Crippen molar-refractivity contribution in [3.8, 4) is 20.0 Å². The Morgan fingerprint density at radius 3 is 1.05 bits per heavy atom. The molecule has 5 rings (SSSR count). The van der Waals surface area contributed by atoms with Gasteiger partial charge in [-0.3, -0.25) is 19.2 Å². The fraction of sp³-hybridized carbons (Fsp3) is 0.188. The second-order valence-electron chi connectivity index (χ2n) is 9.91. The first kappa shape index (κ1) is 31.3. The lowest BCUT2D eigenvalue weighted by Crippen LogP contribution is -1.93. The Morgan fingerprint density at radius 1 is 0.500 bits per heavy atom. The Balaban J connectivity index is 1.24. The molecule has 4 aromatic heterocycles. The van der Waals surface area contributed by atoms with E-state index in [-0.39, 0.29) is 23.1 Å². The zero-order valence-electron chi connectivity index (χ0n) is 24.7. The molecule has 0 fully saturated rings. The third-order valence-electron chi connectivity index (χ3n) is 6.43. The monoisotopic (exact) mass is 658 g/mol. The van der Waals surface area contributed by atoms with E-state index in [0.717, 1.165) is 11.1 Å². The molecule has 0 unspecified atom stereocenters. The second-order valence-corrected chi connectivity index (χ2v) is 13.9. The summed E-state index contributed by atoms with van der Waals surface area (Å²) in [6.45, 7) is 10.2. The maximum Gasteiger partial charge on any atom is 0.197 e. The average Bonchev–Trinajstić information content (AvgIpc) is 3.76. The molecule has 0 aliphatic heterocycles. The first-order valence-electron chi connectivity index (χ1n) is 13.4. The predicted octanol–water partition coefficient (Wildman–Crippen LogP) is 8.28. The summed E-state index contributed by atoms with van der Waals surface area (Å²) >= 11 is 5.11. The Hall–Kier alpha value is -4.10. The highest BCUT2D eigenvalue weighted by molar-refractivity contribution is 7.24. The highest BCUT2D eigenvalue weighted by Gasteiger charge is 2.20. The van der Waals surface area contributed by atoms with Crippen LogP contribution in [0.2, 0.25) is 0 Å². The molecule has 0 atom stereocenters. The van der Waals surface area contributed by atoms with E-state index >= 15 is 0 Å². The van der Waals surface area contributed by atoms with Crippen molar-refractivity contribution in [2.75, 3.05) is 0 Å². The molecular formula is C32H26N4O4S4. The summed E-state index contributed by atoms with van der Waals surface area (Å²) in [5.41, 5.74) is 4.23. The number of carbonyl (C=O) groups is 4. The van der Waals surface area contributed by atoms with Gasteiger partial charge in [0.25, 0.3) is 0 Å². The highest BCUT2D eigenvalue weighted by atomic mass is 32.1. The fourth-order valence-corrected chi connectivity index (χ4v) is 8.21. The first-order chi connectivity index (χ1) is 20.9. The van der Waals surface area contributed by atoms with Crippen LogP contribution in [0.1, 0.15) is 86.4 Å². The number of nitrogens with zero attached hydrogens (tertiary/aromatic N) is 4. The van der Waals surface area contributed by atoms with Crippen LogP contribution in [0.15, 0.2) is 36.4 Å². The number of hydrogen-bond donors (Lipinski definition) is 0. The molecule has 4 heterocycles. The molecule has 0 amide bonds. The number of thiazole rings is 4. The molecule has 0 spiro atoms. The van der Waals surface area contributed by atoms with Crippen LogP contribution in [0.25, 0.3) is 32.2 Å². The fourth-order valence-electron chi connectivity index (χ4n) is 4.28. The maximum absolute atomic E-state index is 13.0.